The van der Waals surface area contributed by atoms with Crippen molar-refractivity contribution < 1.29 is 38.6 Å². The maximum absolute atomic E-state index is 9.44. The summed E-state index contributed by atoms with van der Waals surface area (Å²) in [7, 11) is -6.40. The molecule has 13 heteroatoms. The SMILES string of the molecule is O=[Si](O)O[Si](=O)O.[O]=[Al][OH].[O]=[Al][OH]. The van der Waals surface area contributed by atoms with E-state index in [9.17, 15) is 8.92 Å². The van der Waals surface area contributed by atoms with Crippen molar-refractivity contribution in [2.45, 2.75) is 0 Å². The molecule has 4 N–H and O–H groups in total. The Balaban J connectivity index is -0.000000140. The van der Waals surface area contributed by atoms with Crippen molar-refractivity contribution >= 4 is 49.3 Å². The van der Waals surface area contributed by atoms with Crippen LogP contribution in [0.1, 0.15) is 0 Å². The van der Waals surface area contributed by atoms with Crippen LogP contribution in [0.3, 0.4) is 0 Å². The van der Waals surface area contributed by atoms with E-state index in [-0.39, 0.29) is 0 Å². The van der Waals surface area contributed by atoms with Gasteiger partial charge in [-0.15, -0.1) is 0 Å². The van der Waals surface area contributed by atoms with Crippen LogP contribution in [0, 0.1) is 0 Å². The molecule has 0 radical (unpaired) electrons. The minimum atomic E-state index is -3.20. The summed E-state index contributed by atoms with van der Waals surface area (Å²) >= 11 is -3.00. The van der Waals surface area contributed by atoms with E-state index in [1.807, 2.05) is 0 Å². The molecular formula is H4Al2O9Si2. The van der Waals surface area contributed by atoms with Gasteiger partial charge in [-0.3, -0.25) is 8.92 Å². The maximum atomic E-state index is 9.44. The Labute approximate surface area is 87.9 Å². The Morgan fingerprint density at radius 3 is 1.08 bits per heavy atom. The molecule has 0 aromatic heterocycles. The van der Waals surface area contributed by atoms with Crippen LogP contribution in [0.25, 0.3) is 0 Å². The molecule has 0 aliphatic rings. The predicted octanol–water partition coefficient (Wildman–Crippen LogP) is -4.29. The van der Waals surface area contributed by atoms with E-state index >= 15 is 0 Å². The average Bonchev–Trinajstić information content (AvgIpc) is 1.86. The van der Waals surface area contributed by atoms with Crippen LogP contribution in [0.15, 0.2) is 0 Å². The van der Waals surface area contributed by atoms with Gasteiger partial charge in [0.2, 0.25) is 0 Å². The van der Waals surface area contributed by atoms with Crippen LogP contribution in [-0.4, -0.2) is 67.2 Å². The molecule has 0 saturated heterocycles. The molecule has 0 aromatic carbocycles. The fourth-order valence-electron chi connectivity index (χ4n) is 0.0747. The molecule has 13 heavy (non-hydrogen) atoms. The molecule has 0 aromatic rings. The summed E-state index contributed by atoms with van der Waals surface area (Å²) in [6, 6.07) is 0. The van der Waals surface area contributed by atoms with Gasteiger partial charge >= 0.3 is 65.2 Å². The summed E-state index contributed by atoms with van der Waals surface area (Å²) in [5, 5.41) is 0. The second kappa shape index (κ2) is 17.7. The minimum absolute atomic E-state index is 1.50. The molecule has 0 fully saturated rings. The molecule has 0 atom stereocenters. The van der Waals surface area contributed by atoms with Gasteiger partial charge in [0.25, 0.3) is 0 Å². The van der Waals surface area contributed by atoms with Crippen molar-refractivity contribution in [1.82, 2.24) is 0 Å². The number of rotatable bonds is 2. The van der Waals surface area contributed by atoms with E-state index in [4.69, 9.17) is 25.5 Å². The van der Waals surface area contributed by atoms with Gasteiger partial charge < -0.3 is 13.7 Å². The first-order chi connectivity index (χ1) is 5.95. The molecule has 0 saturated carbocycles. The van der Waals surface area contributed by atoms with Crippen LogP contribution in [0.4, 0.5) is 0 Å². The van der Waals surface area contributed by atoms with Gasteiger partial charge in [-0.25, -0.2) is 0 Å². The Kier molecular flexibility index (Phi) is 25.2. The van der Waals surface area contributed by atoms with E-state index in [2.05, 4.69) is 4.12 Å². The molecule has 0 heterocycles. The van der Waals surface area contributed by atoms with Crippen molar-refractivity contribution in [2.75, 3.05) is 0 Å². The zero-order chi connectivity index (χ0) is 11.3. The first-order valence-electron chi connectivity index (χ1n) is 2.25. The number of hydrogen-bond donors (Lipinski definition) is 4. The predicted molar refractivity (Wildman–Crippen MR) is 35.7 cm³/mol. The van der Waals surface area contributed by atoms with Gasteiger partial charge in [0.05, 0.1) is 0 Å². The molecule has 0 aliphatic carbocycles. The Morgan fingerprint density at radius 2 is 1.08 bits per heavy atom. The van der Waals surface area contributed by atoms with Crippen molar-refractivity contribution in [3.05, 3.63) is 0 Å². The summed E-state index contributed by atoms with van der Waals surface area (Å²) in [6.07, 6.45) is 0. The quantitative estimate of drug-likeness (QED) is 0.359. The van der Waals surface area contributed by atoms with Crippen LogP contribution in [0.5, 0.6) is 0 Å². The van der Waals surface area contributed by atoms with Gasteiger partial charge in [-0.05, 0) is 0 Å². The molecule has 0 spiro atoms. The topological polar surface area (TPSA) is 158 Å². The fourth-order valence-corrected chi connectivity index (χ4v) is 0.672. The monoisotopic (exact) mass is 258 g/mol. The molecule has 72 valence electrons. The summed E-state index contributed by atoms with van der Waals surface area (Å²) < 4.78 is 53.7. The Bertz CT molecular complexity index is 147. The standard InChI is InChI=1S/2Al.H2O5Si2.2H2O.2O/c;;1-6(2)5-7(3)4;;;;/h;;1,3H;2*1H2;;/q2*+1;;;;;/p-2. The molecule has 0 rings (SSSR count). The van der Waals surface area contributed by atoms with Crippen molar-refractivity contribution in [3.8, 4) is 0 Å². The molecule has 0 amide bonds. The Hall–Kier alpha value is -0.301. The normalized spacial score (nSPS) is 5.23. The third-order valence-corrected chi connectivity index (χ3v) is 1.57. The summed E-state index contributed by atoms with van der Waals surface area (Å²) in [6.45, 7) is 0. The third kappa shape index (κ3) is 80.4. The van der Waals surface area contributed by atoms with E-state index in [0.29, 0.717) is 0 Å². The van der Waals surface area contributed by atoms with E-state index in [1.165, 1.54) is 0 Å². The van der Waals surface area contributed by atoms with Crippen molar-refractivity contribution in [1.29, 1.82) is 0 Å². The van der Waals surface area contributed by atoms with E-state index < -0.39 is 49.3 Å². The molecule has 0 aliphatic heterocycles. The molecule has 0 bridgehead atoms. The molecule has 9 nitrogen and oxygen atoms in total. The first kappa shape index (κ1) is 18.5. The van der Waals surface area contributed by atoms with Gasteiger partial charge in [-0.1, -0.05) is 0 Å². The fraction of sp³-hybridized carbons (Fsp3) is 0. The first-order valence-corrected chi connectivity index (χ1v) is 6.75. The second-order valence-corrected chi connectivity index (χ2v) is 3.15. The van der Waals surface area contributed by atoms with Gasteiger partial charge in [-0.2, -0.15) is 0 Å². The summed E-state index contributed by atoms with van der Waals surface area (Å²) in [4.78, 5) is 15.4. The van der Waals surface area contributed by atoms with Gasteiger partial charge in [0.15, 0.2) is 0 Å². The Morgan fingerprint density at radius 1 is 0.923 bits per heavy atom. The molecular weight excluding hydrogens is 254 g/mol. The van der Waals surface area contributed by atoms with E-state index in [1.54, 1.807) is 0 Å². The van der Waals surface area contributed by atoms with Crippen molar-refractivity contribution in [2.24, 2.45) is 0 Å². The zero-order valence-electron chi connectivity index (χ0n) is 5.98. The van der Waals surface area contributed by atoms with Crippen molar-refractivity contribution in [3.63, 3.8) is 0 Å². The zero-order valence-corrected chi connectivity index (χ0v) is 10.3. The van der Waals surface area contributed by atoms with E-state index in [0.717, 1.165) is 0 Å². The summed E-state index contributed by atoms with van der Waals surface area (Å²) in [5.41, 5.74) is 0. The average molecular weight is 258 g/mol. The van der Waals surface area contributed by atoms with Gasteiger partial charge in [0, 0.05) is 0 Å². The van der Waals surface area contributed by atoms with Crippen LogP contribution >= 0.6 is 0 Å². The van der Waals surface area contributed by atoms with Crippen LogP contribution < -0.4 is 0 Å². The second-order valence-electron chi connectivity index (χ2n) is 0.845. The molecule has 0 unspecified atom stereocenters. The van der Waals surface area contributed by atoms with Gasteiger partial charge in [0.1, 0.15) is 0 Å². The number of hydrogen-bond acceptors (Lipinski definition) is 5. The van der Waals surface area contributed by atoms with Crippen LogP contribution in [-0.2, 0) is 20.6 Å². The van der Waals surface area contributed by atoms with Crippen LogP contribution in [0.2, 0.25) is 0 Å². The third-order valence-electron chi connectivity index (χ3n) is 0.175. The summed E-state index contributed by atoms with van der Waals surface area (Å²) in [5.74, 6) is 0.